The Balaban J connectivity index is 1.70. The number of aromatic nitrogens is 4. The first-order valence-electron chi connectivity index (χ1n) is 7.57. The van der Waals surface area contributed by atoms with Crippen LogP contribution in [0.25, 0.3) is 11.0 Å². The molecule has 1 fully saturated rings. The molecule has 118 valence electrons. The van der Waals surface area contributed by atoms with Gasteiger partial charge in [-0.1, -0.05) is 23.9 Å². The summed E-state index contributed by atoms with van der Waals surface area (Å²) in [5.41, 5.74) is 3.44. The van der Waals surface area contributed by atoms with Crippen molar-refractivity contribution in [2.45, 2.75) is 43.6 Å². The van der Waals surface area contributed by atoms with Gasteiger partial charge in [0.2, 0.25) is 5.16 Å². The fourth-order valence-corrected chi connectivity index (χ4v) is 3.55. The highest BCUT2D eigenvalue weighted by atomic mass is 32.2. The van der Waals surface area contributed by atoms with Crippen LogP contribution in [-0.2, 0) is 5.75 Å². The van der Waals surface area contributed by atoms with E-state index < -0.39 is 0 Å². The van der Waals surface area contributed by atoms with E-state index in [1.54, 1.807) is 17.8 Å². The highest BCUT2D eigenvalue weighted by molar-refractivity contribution is 7.98. The van der Waals surface area contributed by atoms with E-state index in [0.29, 0.717) is 17.4 Å². The van der Waals surface area contributed by atoms with Crippen LogP contribution in [0.15, 0.2) is 32.6 Å². The molecule has 0 atom stereocenters. The summed E-state index contributed by atoms with van der Waals surface area (Å²) in [7, 11) is 0. The molecule has 1 saturated carbocycles. The SMILES string of the molecule is Cc1ccc2c(CSc3nnnn3C3CC3)cc(=O)oc2c1C. The number of benzene rings is 1. The summed E-state index contributed by atoms with van der Waals surface area (Å²) in [5, 5.41) is 13.7. The smallest absolute Gasteiger partial charge is 0.336 e. The van der Waals surface area contributed by atoms with Gasteiger partial charge in [-0.3, -0.25) is 0 Å². The van der Waals surface area contributed by atoms with E-state index in [0.717, 1.165) is 40.1 Å². The van der Waals surface area contributed by atoms with Crippen LogP contribution < -0.4 is 5.63 Å². The van der Waals surface area contributed by atoms with Crippen LogP contribution in [0.1, 0.15) is 35.6 Å². The molecule has 2 heterocycles. The third-order valence-electron chi connectivity index (χ3n) is 4.23. The Morgan fingerprint density at radius 3 is 2.96 bits per heavy atom. The molecule has 1 aliphatic carbocycles. The number of thioether (sulfide) groups is 1. The van der Waals surface area contributed by atoms with Crippen LogP contribution >= 0.6 is 11.8 Å². The minimum absolute atomic E-state index is 0.316. The maximum atomic E-state index is 11.9. The molecule has 4 rings (SSSR count). The Morgan fingerprint density at radius 1 is 1.35 bits per heavy atom. The quantitative estimate of drug-likeness (QED) is 0.541. The number of hydrogen-bond acceptors (Lipinski definition) is 6. The Hall–Kier alpha value is -2.15. The minimum Gasteiger partial charge on any atom is -0.422 e. The van der Waals surface area contributed by atoms with Crippen molar-refractivity contribution in [2.24, 2.45) is 0 Å². The van der Waals surface area contributed by atoms with Gasteiger partial charge in [0.25, 0.3) is 0 Å². The zero-order valence-electron chi connectivity index (χ0n) is 12.9. The molecular weight excluding hydrogens is 312 g/mol. The van der Waals surface area contributed by atoms with E-state index in [1.807, 2.05) is 24.6 Å². The second-order valence-electron chi connectivity index (χ2n) is 5.90. The molecule has 0 spiro atoms. The number of tetrazole rings is 1. The zero-order chi connectivity index (χ0) is 16.0. The normalized spacial score (nSPS) is 14.5. The van der Waals surface area contributed by atoms with E-state index in [9.17, 15) is 4.79 Å². The van der Waals surface area contributed by atoms with Crippen LogP contribution in [0, 0.1) is 13.8 Å². The molecule has 0 saturated heterocycles. The molecular formula is C16H16N4O2S. The number of nitrogens with zero attached hydrogens (tertiary/aromatic N) is 4. The molecule has 0 aliphatic heterocycles. The van der Waals surface area contributed by atoms with Crippen LogP contribution in [0.3, 0.4) is 0 Å². The molecule has 23 heavy (non-hydrogen) atoms. The van der Waals surface area contributed by atoms with Crippen molar-refractivity contribution in [3.05, 3.63) is 45.3 Å². The lowest BCUT2D eigenvalue weighted by molar-refractivity contribution is 0.557. The molecule has 0 radical (unpaired) electrons. The van der Waals surface area contributed by atoms with Crippen molar-refractivity contribution < 1.29 is 4.42 Å². The maximum absolute atomic E-state index is 11.9. The Bertz CT molecular complexity index is 943. The van der Waals surface area contributed by atoms with Gasteiger partial charge < -0.3 is 4.42 Å². The Morgan fingerprint density at radius 2 is 2.17 bits per heavy atom. The van der Waals surface area contributed by atoms with Gasteiger partial charge in [-0.05, 0) is 53.8 Å². The van der Waals surface area contributed by atoms with Crippen molar-refractivity contribution in [1.82, 2.24) is 20.2 Å². The fraction of sp³-hybridized carbons (Fsp3) is 0.375. The van der Waals surface area contributed by atoms with Crippen molar-refractivity contribution in [1.29, 1.82) is 0 Å². The van der Waals surface area contributed by atoms with Gasteiger partial charge in [-0.25, -0.2) is 9.48 Å². The molecule has 2 aromatic heterocycles. The molecule has 0 amide bonds. The van der Waals surface area contributed by atoms with Crippen LogP contribution in [0.2, 0.25) is 0 Å². The second-order valence-corrected chi connectivity index (χ2v) is 6.84. The Labute approximate surface area is 136 Å². The molecule has 0 unspecified atom stereocenters. The van der Waals surface area contributed by atoms with Gasteiger partial charge in [0.15, 0.2) is 0 Å². The average Bonchev–Trinajstić information content (AvgIpc) is 3.27. The van der Waals surface area contributed by atoms with E-state index >= 15 is 0 Å². The molecule has 1 aromatic carbocycles. The molecule has 0 N–H and O–H groups in total. The van der Waals surface area contributed by atoms with Crippen LogP contribution in [0.5, 0.6) is 0 Å². The first-order valence-corrected chi connectivity index (χ1v) is 8.55. The zero-order valence-corrected chi connectivity index (χ0v) is 13.8. The predicted molar refractivity (Wildman–Crippen MR) is 87.6 cm³/mol. The third-order valence-corrected chi connectivity index (χ3v) is 5.21. The second kappa shape index (κ2) is 5.49. The highest BCUT2D eigenvalue weighted by Crippen LogP contribution is 2.37. The number of rotatable bonds is 4. The van der Waals surface area contributed by atoms with Crippen molar-refractivity contribution in [2.75, 3.05) is 0 Å². The van der Waals surface area contributed by atoms with Crippen LogP contribution in [-0.4, -0.2) is 20.2 Å². The van der Waals surface area contributed by atoms with Gasteiger partial charge >= 0.3 is 5.63 Å². The van der Waals surface area contributed by atoms with Crippen molar-refractivity contribution in [3.63, 3.8) is 0 Å². The summed E-state index contributed by atoms with van der Waals surface area (Å²) in [4.78, 5) is 11.9. The number of fused-ring (bicyclic) bond motifs is 1. The van der Waals surface area contributed by atoms with Gasteiger partial charge in [0.1, 0.15) is 5.58 Å². The summed E-state index contributed by atoms with van der Waals surface area (Å²) in [6, 6.07) is 6.07. The topological polar surface area (TPSA) is 73.8 Å². The first kappa shape index (κ1) is 14.4. The maximum Gasteiger partial charge on any atom is 0.336 e. The van der Waals surface area contributed by atoms with E-state index in [2.05, 4.69) is 21.6 Å². The fourth-order valence-electron chi connectivity index (χ4n) is 2.62. The van der Waals surface area contributed by atoms with E-state index in [-0.39, 0.29) is 5.63 Å². The molecule has 3 aromatic rings. The predicted octanol–water partition coefficient (Wildman–Crippen LogP) is 3.02. The average molecular weight is 328 g/mol. The monoisotopic (exact) mass is 328 g/mol. The van der Waals surface area contributed by atoms with E-state index in [4.69, 9.17) is 4.42 Å². The third kappa shape index (κ3) is 2.65. The van der Waals surface area contributed by atoms with Crippen molar-refractivity contribution in [3.8, 4) is 0 Å². The lowest BCUT2D eigenvalue weighted by Gasteiger charge is -2.08. The minimum atomic E-state index is -0.316. The molecule has 7 heteroatoms. The summed E-state index contributed by atoms with van der Waals surface area (Å²) in [6.45, 7) is 3.99. The highest BCUT2D eigenvalue weighted by Gasteiger charge is 2.28. The lowest BCUT2D eigenvalue weighted by atomic mass is 10.0. The van der Waals surface area contributed by atoms with Gasteiger partial charge in [-0.2, -0.15) is 0 Å². The molecule has 0 bridgehead atoms. The summed E-state index contributed by atoms with van der Waals surface area (Å²) >= 11 is 1.56. The molecule has 1 aliphatic rings. The Kier molecular flexibility index (Phi) is 3.45. The summed E-state index contributed by atoms with van der Waals surface area (Å²) in [5.74, 6) is 0.637. The number of hydrogen-bond donors (Lipinski definition) is 0. The standard InChI is InChI=1S/C16H16N4O2S/c1-9-3-6-13-11(7-14(21)22-15(13)10(9)2)8-23-16-17-18-19-20(16)12-4-5-12/h3,6-7,12H,4-5,8H2,1-2H3. The van der Waals surface area contributed by atoms with Gasteiger partial charge in [0, 0.05) is 17.2 Å². The van der Waals surface area contributed by atoms with Gasteiger partial charge in [-0.15, -0.1) is 5.10 Å². The van der Waals surface area contributed by atoms with Crippen molar-refractivity contribution >= 4 is 22.7 Å². The number of aryl methyl sites for hydroxylation is 2. The van der Waals surface area contributed by atoms with E-state index in [1.165, 1.54) is 0 Å². The summed E-state index contributed by atoms with van der Waals surface area (Å²) in [6.07, 6.45) is 2.27. The lowest BCUT2D eigenvalue weighted by Crippen LogP contribution is -2.02. The molecule has 6 nitrogen and oxygen atoms in total. The van der Waals surface area contributed by atoms with Crippen LogP contribution in [0.4, 0.5) is 0 Å². The van der Waals surface area contributed by atoms with Gasteiger partial charge in [0.05, 0.1) is 6.04 Å². The first-order chi connectivity index (χ1) is 11.1. The summed E-state index contributed by atoms with van der Waals surface area (Å²) < 4.78 is 7.30. The largest absolute Gasteiger partial charge is 0.422 e.